The third-order valence-corrected chi connectivity index (χ3v) is 4.55. The summed E-state index contributed by atoms with van der Waals surface area (Å²) in [6, 6.07) is 6.33. The maximum absolute atomic E-state index is 14.0. The third-order valence-electron chi connectivity index (χ3n) is 4.55. The molecule has 2 amide bonds. The van der Waals surface area contributed by atoms with Crippen LogP contribution in [0.15, 0.2) is 30.5 Å². The number of para-hydroxylation sites is 1. The molecule has 0 unspecified atom stereocenters. The fourth-order valence-corrected chi connectivity index (χ4v) is 3.09. The minimum atomic E-state index is -0.389. The summed E-state index contributed by atoms with van der Waals surface area (Å²) in [6.07, 6.45) is 2.23. The summed E-state index contributed by atoms with van der Waals surface area (Å²) < 4.78 is 15.4. The Balaban J connectivity index is 1.82. The second kappa shape index (κ2) is 7.04. The van der Waals surface area contributed by atoms with Gasteiger partial charge in [0.25, 0.3) is 5.91 Å². The molecule has 6 nitrogen and oxygen atoms in total. The molecule has 1 aliphatic heterocycles. The SMILES string of the molecule is CC(=O)N1CCCN(C(=O)c2cnn(-c3ccccc3F)c2C)CC1. The van der Waals surface area contributed by atoms with Gasteiger partial charge in [0.15, 0.2) is 0 Å². The Morgan fingerprint density at radius 3 is 2.48 bits per heavy atom. The normalized spacial score (nSPS) is 15.2. The summed E-state index contributed by atoms with van der Waals surface area (Å²) in [5, 5.41) is 4.19. The topological polar surface area (TPSA) is 58.4 Å². The third kappa shape index (κ3) is 3.40. The molecule has 1 aliphatic rings. The van der Waals surface area contributed by atoms with E-state index in [0.717, 1.165) is 6.42 Å². The van der Waals surface area contributed by atoms with E-state index in [0.29, 0.717) is 43.1 Å². The highest BCUT2D eigenvalue weighted by atomic mass is 19.1. The van der Waals surface area contributed by atoms with Crippen LogP contribution in [0.2, 0.25) is 0 Å². The van der Waals surface area contributed by atoms with Crippen molar-refractivity contribution in [3.8, 4) is 5.69 Å². The number of carbonyl (C=O) groups is 2. The summed E-state index contributed by atoms with van der Waals surface area (Å²) in [7, 11) is 0. The van der Waals surface area contributed by atoms with Gasteiger partial charge in [-0.1, -0.05) is 12.1 Å². The number of rotatable bonds is 2. The molecular formula is C18H21FN4O2. The van der Waals surface area contributed by atoms with E-state index in [4.69, 9.17) is 0 Å². The van der Waals surface area contributed by atoms with Gasteiger partial charge in [-0.05, 0) is 25.5 Å². The van der Waals surface area contributed by atoms with Crippen LogP contribution in [0.5, 0.6) is 0 Å². The van der Waals surface area contributed by atoms with Crippen LogP contribution in [0.25, 0.3) is 5.69 Å². The van der Waals surface area contributed by atoms with Crippen LogP contribution in [-0.2, 0) is 4.79 Å². The molecule has 0 spiro atoms. The zero-order chi connectivity index (χ0) is 18.0. The molecule has 132 valence electrons. The highest BCUT2D eigenvalue weighted by molar-refractivity contribution is 5.95. The molecule has 3 rings (SSSR count). The summed E-state index contributed by atoms with van der Waals surface area (Å²) >= 11 is 0. The van der Waals surface area contributed by atoms with Crippen LogP contribution < -0.4 is 0 Å². The van der Waals surface area contributed by atoms with Crippen LogP contribution in [0.3, 0.4) is 0 Å². The lowest BCUT2D eigenvalue weighted by molar-refractivity contribution is -0.128. The van der Waals surface area contributed by atoms with E-state index >= 15 is 0 Å². The Labute approximate surface area is 145 Å². The largest absolute Gasteiger partial charge is 0.341 e. The standard InChI is InChI=1S/C18H21FN4O2/c1-13-15(12-20-23(13)17-7-4-3-6-16(17)19)18(25)22-9-5-8-21(10-11-22)14(2)24/h3-4,6-7,12H,5,8-11H2,1-2H3. The molecule has 1 saturated heterocycles. The van der Waals surface area contributed by atoms with Crippen LogP contribution in [-0.4, -0.2) is 57.6 Å². The van der Waals surface area contributed by atoms with E-state index in [2.05, 4.69) is 5.10 Å². The van der Waals surface area contributed by atoms with Crippen molar-refractivity contribution in [2.24, 2.45) is 0 Å². The summed E-state index contributed by atoms with van der Waals surface area (Å²) in [6.45, 7) is 5.57. The maximum atomic E-state index is 14.0. The van der Waals surface area contributed by atoms with E-state index in [-0.39, 0.29) is 17.6 Å². The lowest BCUT2D eigenvalue weighted by Crippen LogP contribution is -2.36. The maximum Gasteiger partial charge on any atom is 0.257 e. The molecule has 0 aliphatic carbocycles. The number of amides is 2. The Morgan fingerprint density at radius 1 is 1.08 bits per heavy atom. The molecule has 0 N–H and O–H groups in total. The first-order chi connectivity index (χ1) is 12.0. The highest BCUT2D eigenvalue weighted by Crippen LogP contribution is 2.19. The van der Waals surface area contributed by atoms with Crippen molar-refractivity contribution >= 4 is 11.8 Å². The van der Waals surface area contributed by atoms with Gasteiger partial charge >= 0.3 is 0 Å². The van der Waals surface area contributed by atoms with E-state index in [1.165, 1.54) is 16.9 Å². The Morgan fingerprint density at radius 2 is 1.76 bits per heavy atom. The van der Waals surface area contributed by atoms with Crippen molar-refractivity contribution in [3.05, 3.63) is 47.5 Å². The summed E-state index contributed by atoms with van der Waals surface area (Å²) in [5.74, 6) is -0.497. The molecule has 0 atom stereocenters. The van der Waals surface area contributed by atoms with E-state index in [9.17, 15) is 14.0 Å². The van der Waals surface area contributed by atoms with Crippen LogP contribution in [0, 0.1) is 12.7 Å². The number of nitrogens with zero attached hydrogens (tertiary/aromatic N) is 4. The number of carbonyl (C=O) groups excluding carboxylic acids is 2. The van der Waals surface area contributed by atoms with Crippen LogP contribution >= 0.6 is 0 Å². The molecule has 2 aromatic rings. The quantitative estimate of drug-likeness (QED) is 0.837. The van der Waals surface area contributed by atoms with Crippen molar-refractivity contribution in [2.75, 3.05) is 26.2 Å². The monoisotopic (exact) mass is 344 g/mol. The lowest BCUT2D eigenvalue weighted by Gasteiger charge is -2.21. The smallest absolute Gasteiger partial charge is 0.257 e. The average Bonchev–Trinajstić information content (AvgIpc) is 2.82. The van der Waals surface area contributed by atoms with Crippen molar-refractivity contribution in [3.63, 3.8) is 0 Å². The van der Waals surface area contributed by atoms with Crippen molar-refractivity contribution < 1.29 is 14.0 Å². The number of halogens is 1. The number of hydrogen-bond acceptors (Lipinski definition) is 3. The Kier molecular flexibility index (Phi) is 4.83. The second-order valence-corrected chi connectivity index (χ2v) is 6.16. The molecule has 0 saturated carbocycles. The van der Waals surface area contributed by atoms with Gasteiger partial charge in [0.2, 0.25) is 5.91 Å². The number of aromatic nitrogens is 2. The molecule has 2 heterocycles. The fourth-order valence-electron chi connectivity index (χ4n) is 3.09. The number of benzene rings is 1. The molecule has 0 bridgehead atoms. The molecule has 1 aromatic heterocycles. The van der Waals surface area contributed by atoms with Crippen molar-refractivity contribution in [1.29, 1.82) is 0 Å². The van der Waals surface area contributed by atoms with Gasteiger partial charge in [0.1, 0.15) is 11.5 Å². The van der Waals surface area contributed by atoms with Gasteiger partial charge in [0, 0.05) is 33.1 Å². The molecule has 7 heteroatoms. The first-order valence-corrected chi connectivity index (χ1v) is 8.33. The van der Waals surface area contributed by atoms with Crippen molar-refractivity contribution in [1.82, 2.24) is 19.6 Å². The van der Waals surface area contributed by atoms with Gasteiger partial charge in [-0.15, -0.1) is 0 Å². The predicted octanol–water partition coefficient (Wildman–Crippen LogP) is 2.01. The van der Waals surface area contributed by atoms with Crippen LogP contribution in [0.1, 0.15) is 29.4 Å². The predicted molar refractivity (Wildman–Crippen MR) is 91.0 cm³/mol. The molecule has 0 radical (unpaired) electrons. The van der Waals surface area contributed by atoms with E-state index in [1.807, 2.05) is 0 Å². The molecule has 1 aromatic carbocycles. The zero-order valence-corrected chi connectivity index (χ0v) is 14.4. The molecule has 25 heavy (non-hydrogen) atoms. The Bertz CT molecular complexity index is 802. The highest BCUT2D eigenvalue weighted by Gasteiger charge is 2.24. The van der Waals surface area contributed by atoms with Gasteiger partial charge in [-0.3, -0.25) is 9.59 Å². The first-order valence-electron chi connectivity index (χ1n) is 8.33. The van der Waals surface area contributed by atoms with E-state index in [1.54, 1.807) is 41.8 Å². The minimum absolute atomic E-state index is 0.0258. The first kappa shape index (κ1) is 17.1. The lowest BCUT2D eigenvalue weighted by atomic mass is 10.2. The Hall–Kier alpha value is -2.70. The van der Waals surface area contributed by atoms with Gasteiger partial charge in [0.05, 0.1) is 17.5 Å². The second-order valence-electron chi connectivity index (χ2n) is 6.16. The van der Waals surface area contributed by atoms with E-state index < -0.39 is 0 Å². The molecule has 1 fully saturated rings. The molecular weight excluding hydrogens is 323 g/mol. The van der Waals surface area contributed by atoms with Crippen LogP contribution in [0.4, 0.5) is 4.39 Å². The fraction of sp³-hybridized carbons (Fsp3) is 0.389. The average molecular weight is 344 g/mol. The minimum Gasteiger partial charge on any atom is -0.341 e. The van der Waals surface area contributed by atoms with Gasteiger partial charge < -0.3 is 9.80 Å². The van der Waals surface area contributed by atoms with Gasteiger partial charge in [-0.2, -0.15) is 5.10 Å². The van der Waals surface area contributed by atoms with Crippen molar-refractivity contribution in [2.45, 2.75) is 20.3 Å². The summed E-state index contributed by atoms with van der Waals surface area (Å²) in [4.78, 5) is 27.9. The van der Waals surface area contributed by atoms with Gasteiger partial charge in [-0.25, -0.2) is 9.07 Å². The summed E-state index contributed by atoms with van der Waals surface area (Å²) in [5.41, 5.74) is 1.37. The number of hydrogen-bond donors (Lipinski definition) is 0. The zero-order valence-electron chi connectivity index (χ0n) is 14.4.